The van der Waals surface area contributed by atoms with Gasteiger partial charge in [0, 0.05) is 32.9 Å². The maximum Gasteiger partial charge on any atom is 0.159 e. The molecule has 0 bridgehead atoms. The van der Waals surface area contributed by atoms with Crippen molar-refractivity contribution in [3.63, 3.8) is 0 Å². The minimum atomic E-state index is -0.153. The molecule has 1 aliphatic carbocycles. The molecule has 0 N–H and O–H groups in total. The normalized spacial score (nSPS) is 13.6. The van der Waals surface area contributed by atoms with Gasteiger partial charge in [-0.3, -0.25) is 0 Å². The van der Waals surface area contributed by atoms with Gasteiger partial charge in [0.1, 0.15) is 5.58 Å². The lowest BCUT2D eigenvalue weighted by molar-refractivity contribution is 0.659. The van der Waals surface area contributed by atoms with E-state index in [0.717, 1.165) is 39.0 Å². The average molecular weight is 502 g/mol. The molecule has 0 saturated carbocycles. The first-order valence-corrected chi connectivity index (χ1v) is 13.5. The molecule has 0 saturated heterocycles. The van der Waals surface area contributed by atoms with E-state index in [9.17, 15) is 0 Å². The van der Waals surface area contributed by atoms with Crippen molar-refractivity contribution in [1.29, 1.82) is 0 Å². The molecule has 8 rings (SSSR count). The first kappa shape index (κ1) is 22.2. The second-order valence-electron chi connectivity index (χ2n) is 10.9. The molecule has 0 unspecified atom stereocenters. The number of rotatable bonds is 3. The lowest BCUT2D eigenvalue weighted by Gasteiger charge is -2.25. The average Bonchev–Trinajstić information content (AvgIpc) is 3.48. The maximum absolute atomic E-state index is 7.00. The fraction of sp³-hybridized carbons (Fsp3) is 0.0811. The third-order valence-corrected chi connectivity index (χ3v) is 8.40. The van der Waals surface area contributed by atoms with Crippen molar-refractivity contribution < 1.29 is 4.42 Å². The maximum atomic E-state index is 7.00. The Kier molecular flexibility index (Phi) is 4.60. The van der Waals surface area contributed by atoms with Crippen LogP contribution in [0.3, 0.4) is 0 Å². The molecule has 6 aromatic carbocycles. The fourth-order valence-corrected chi connectivity index (χ4v) is 6.74. The summed E-state index contributed by atoms with van der Waals surface area (Å²) >= 11 is 0. The molecule has 186 valence electrons. The van der Waals surface area contributed by atoms with Gasteiger partial charge in [0.15, 0.2) is 5.58 Å². The number of furan rings is 1. The molecule has 0 spiro atoms. The van der Waals surface area contributed by atoms with E-state index in [0.29, 0.717) is 0 Å². The Morgan fingerprint density at radius 3 is 1.85 bits per heavy atom. The molecule has 0 amide bonds. The van der Waals surface area contributed by atoms with Crippen LogP contribution < -0.4 is 4.90 Å². The monoisotopic (exact) mass is 501 g/mol. The zero-order valence-corrected chi connectivity index (χ0v) is 22.0. The number of para-hydroxylation sites is 3. The van der Waals surface area contributed by atoms with Crippen LogP contribution in [0.25, 0.3) is 43.8 Å². The second-order valence-corrected chi connectivity index (χ2v) is 10.9. The van der Waals surface area contributed by atoms with Crippen molar-refractivity contribution in [2.75, 3.05) is 4.90 Å². The summed E-state index contributed by atoms with van der Waals surface area (Å²) in [4.78, 5) is 2.30. The van der Waals surface area contributed by atoms with Gasteiger partial charge in [-0.25, -0.2) is 0 Å². The summed E-state index contributed by atoms with van der Waals surface area (Å²) in [5, 5.41) is 4.79. The smallest absolute Gasteiger partial charge is 0.159 e. The molecule has 39 heavy (non-hydrogen) atoms. The third kappa shape index (κ3) is 3.03. The molecule has 2 nitrogen and oxygen atoms in total. The minimum absolute atomic E-state index is 0.153. The molecular weight excluding hydrogens is 474 g/mol. The van der Waals surface area contributed by atoms with Gasteiger partial charge >= 0.3 is 0 Å². The Morgan fingerprint density at radius 2 is 1.13 bits per heavy atom. The molecule has 0 aliphatic heterocycles. The van der Waals surface area contributed by atoms with Gasteiger partial charge in [0.05, 0.1) is 5.69 Å². The number of fused-ring (bicyclic) bond motifs is 10. The number of hydrogen-bond donors (Lipinski definition) is 0. The Hall–Kier alpha value is -4.82. The quantitative estimate of drug-likeness (QED) is 0.239. The van der Waals surface area contributed by atoms with Crippen molar-refractivity contribution in [3.8, 4) is 11.1 Å². The highest BCUT2D eigenvalue weighted by atomic mass is 16.3. The number of nitrogens with zero attached hydrogens (tertiary/aromatic N) is 1. The highest BCUT2D eigenvalue weighted by Gasteiger charge is 2.39. The van der Waals surface area contributed by atoms with Gasteiger partial charge in [0.25, 0.3) is 0 Å². The van der Waals surface area contributed by atoms with E-state index in [1.807, 2.05) is 0 Å². The summed E-state index contributed by atoms with van der Waals surface area (Å²) in [6.45, 7) is 4.71. The van der Waals surface area contributed by atoms with Crippen LogP contribution in [-0.4, -0.2) is 0 Å². The van der Waals surface area contributed by atoms with Crippen molar-refractivity contribution >= 4 is 49.8 Å². The summed E-state index contributed by atoms with van der Waals surface area (Å²) in [5.74, 6) is 0. The van der Waals surface area contributed by atoms with Crippen LogP contribution in [0.4, 0.5) is 17.1 Å². The van der Waals surface area contributed by atoms with Gasteiger partial charge in [-0.2, -0.15) is 0 Å². The zero-order chi connectivity index (χ0) is 26.1. The van der Waals surface area contributed by atoms with E-state index in [1.54, 1.807) is 0 Å². The van der Waals surface area contributed by atoms with E-state index in [-0.39, 0.29) is 5.41 Å². The number of hydrogen-bond acceptors (Lipinski definition) is 2. The highest BCUT2D eigenvalue weighted by molar-refractivity contribution is 6.24. The van der Waals surface area contributed by atoms with Gasteiger partial charge in [0.2, 0.25) is 0 Å². The summed E-state index contributed by atoms with van der Waals surface area (Å²) in [6, 6.07) is 45.3. The lowest BCUT2D eigenvalue weighted by Crippen LogP contribution is -2.15. The first-order valence-electron chi connectivity index (χ1n) is 13.5. The lowest BCUT2D eigenvalue weighted by atomic mass is 9.79. The molecule has 0 atom stereocenters. The molecule has 1 aliphatic rings. The zero-order valence-electron chi connectivity index (χ0n) is 22.0. The minimum Gasteiger partial charge on any atom is -0.453 e. The highest BCUT2D eigenvalue weighted by Crippen LogP contribution is 2.56. The summed E-state index contributed by atoms with van der Waals surface area (Å²) < 4.78 is 7.00. The molecule has 2 heteroatoms. The van der Waals surface area contributed by atoms with E-state index in [4.69, 9.17) is 4.42 Å². The van der Waals surface area contributed by atoms with E-state index in [1.165, 1.54) is 33.0 Å². The second kappa shape index (κ2) is 8.09. The van der Waals surface area contributed by atoms with E-state index in [2.05, 4.69) is 146 Å². The van der Waals surface area contributed by atoms with Crippen LogP contribution in [0.1, 0.15) is 25.0 Å². The van der Waals surface area contributed by atoms with Gasteiger partial charge < -0.3 is 9.32 Å². The molecule has 7 aromatic rings. The Morgan fingerprint density at radius 1 is 0.538 bits per heavy atom. The molecule has 1 heterocycles. The van der Waals surface area contributed by atoms with Crippen molar-refractivity contribution in [2.24, 2.45) is 0 Å². The standard InChI is InChI=1S/C37H27NO/c1-37(2)30-22-12-11-20-28(30)32-26-18-9-10-19-27(26)36-33(34(32)37)29-21-13-23-31(35(29)39-36)38(24-14-5-3-6-15-24)25-16-7-4-8-17-25/h3-23H,1-2H3. The summed E-state index contributed by atoms with van der Waals surface area (Å²) in [7, 11) is 0. The molecule has 0 radical (unpaired) electrons. The third-order valence-electron chi connectivity index (χ3n) is 8.40. The van der Waals surface area contributed by atoms with E-state index >= 15 is 0 Å². The van der Waals surface area contributed by atoms with Crippen LogP contribution in [0, 0.1) is 0 Å². The van der Waals surface area contributed by atoms with Crippen LogP contribution in [0.15, 0.2) is 132 Å². The molecule has 0 fully saturated rings. The predicted molar refractivity (Wildman–Crippen MR) is 163 cm³/mol. The van der Waals surface area contributed by atoms with Crippen molar-refractivity contribution in [1.82, 2.24) is 0 Å². The Bertz CT molecular complexity index is 1990. The predicted octanol–water partition coefficient (Wildman–Crippen LogP) is 10.5. The fourth-order valence-electron chi connectivity index (χ4n) is 6.74. The van der Waals surface area contributed by atoms with E-state index < -0.39 is 0 Å². The number of anilines is 3. The number of benzene rings is 6. The van der Waals surface area contributed by atoms with Gasteiger partial charge in [-0.1, -0.05) is 111 Å². The summed E-state index contributed by atoms with van der Waals surface area (Å²) in [5.41, 5.74) is 10.4. The van der Waals surface area contributed by atoms with Crippen molar-refractivity contribution in [2.45, 2.75) is 19.3 Å². The van der Waals surface area contributed by atoms with Gasteiger partial charge in [-0.05, 0) is 58.0 Å². The first-order chi connectivity index (χ1) is 19.1. The van der Waals surface area contributed by atoms with Gasteiger partial charge in [-0.15, -0.1) is 0 Å². The van der Waals surface area contributed by atoms with Crippen LogP contribution in [0.5, 0.6) is 0 Å². The molecule has 1 aromatic heterocycles. The van der Waals surface area contributed by atoms with Crippen LogP contribution >= 0.6 is 0 Å². The SMILES string of the molecule is CC1(C)c2ccccc2-c2c1c1c3cccc(N(c4ccccc4)c4ccccc4)c3oc1c1ccccc21. The Balaban J connectivity index is 1.53. The molecular formula is C37H27NO. The topological polar surface area (TPSA) is 16.4 Å². The summed E-state index contributed by atoms with van der Waals surface area (Å²) in [6.07, 6.45) is 0. The Labute approximate surface area is 227 Å². The van der Waals surface area contributed by atoms with Crippen LogP contribution in [-0.2, 0) is 5.41 Å². The van der Waals surface area contributed by atoms with Crippen LogP contribution in [0.2, 0.25) is 0 Å². The van der Waals surface area contributed by atoms with Crippen molar-refractivity contribution in [3.05, 3.63) is 139 Å². The largest absolute Gasteiger partial charge is 0.453 e.